The Morgan fingerprint density at radius 2 is 1.74 bits per heavy atom. The lowest BCUT2D eigenvalue weighted by molar-refractivity contribution is 0.102. The largest absolute Gasteiger partial charge is 0.458 e. The second-order valence-corrected chi connectivity index (χ2v) is 5.10. The van der Waals surface area contributed by atoms with Crippen molar-refractivity contribution in [2.45, 2.75) is 6.92 Å². The van der Waals surface area contributed by atoms with Crippen LogP contribution in [0.3, 0.4) is 0 Å². The third kappa shape index (κ3) is 3.98. The maximum absolute atomic E-state index is 12.0. The minimum absolute atomic E-state index is 0.160. The molecule has 0 aliphatic rings. The summed E-state index contributed by atoms with van der Waals surface area (Å²) < 4.78 is 11.1. The van der Waals surface area contributed by atoms with Crippen molar-refractivity contribution >= 4 is 11.9 Å². The predicted molar refractivity (Wildman–Crippen MR) is 89.8 cm³/mol. The Hall–Kier alpha value is -3.07. The van der Waals surface area contributed by atoms with E-state index in [0.717, 1.165) is 22.8 Å². The standard InChI is InChI=1S/C20H16O3/c1-15-10-13-20(22-15)19(21)12-11-16-6-5-9-18(14-16)23-17-7-3-2-4-8-17/h2-14H,1H3/b12-11+. The molecule has 0 bridgehead atoms. The number of furan rings is 1. The summed E-state index contributed by atoms with van der Waals surface area (Å²) in [6, 6.07) is 20.6. The van der Waals surface area contributed by atoms with E-state index in [1.807, 2.05) is 61.5 Å². The number of rotatable bonds is 5. The number of carbonyl (C=O) groups is 1. The van der Waals surface area contributed by atoms with Gasteiger partial charge in [-0.25, -0.2) is 0 Å². The van der Waals surface area contributed by atoms with Crippen LogP contribution in [0, 0.1) is 6.92 Å². The number of benzene rings is 2. The molecular formula is C20H16O3. The lowest BCUT2D eigenvalue weighted by atomic mass is 10.1. The van der Waals surface area contributed by atoms with Gasteiger partial charge in [-0.15, -0.1) is 0 Å². The molecule has 3 nitrogen and oxygen atoms in total. The molecule has 0 unspecified atom stereocenters. The van der Waals surface area contributed by atoms with Gasteiger partial charge in [0.05, 0.1) is 0 Å². The Labute approximate surface area is 134 Å². The SMILES string of the molecule is Cc1ccc(C(=O)/C=C/c2cccc(Oc3ccccc3)c2)o1. The third-order valence-electron chi connectivity index (χ3n) is 3.25. The number of ketones is 1. The van der Waals surface area contributed by atoms with Crippen molar-refractivity contribution in [3.63, 3.8) is 0 Å². The lowest BCUT2D eigenvalue weighted by Crippen LogP contribution is -1.90. The molecule has 0 saturated heterocycles. The fourth-order valence-electron chi connectivity index (χ4n) is 2.13. The highest BCUT2D eigenvalue weighted by molar-refractivity contribution is 6.04. The van der Waals surface area contributed by atoms with Gasteiger partial charge in [-0.3, -0.25) is 4.79 Å². The van der Waals surface area contributed by atoms with Crippen LogP contribution in [-0.4, -0.2) is 5.78 Å². The van der Waals surface area contributed by atoms with Crippen molar-refractivity contribution in [3.05, 3.63) is 89.9 Å². The van der Waals surface area contributed by atoms with Crippen LogP contribution >= 0.6 is 0 Å². The van der Waals surface area contributed by atoms with Crippen LogP contribution in [0.1, 0.15) is 21.9 Å². The first-order valence-corrected chi connectivity index (χ1v) is 7.32. The van der Waals surface area contributed by atoms with Crippen molar-refractivity contribution in [1.82, 2.24) is 0 Å². The highest BCUT2D eigenvalue weighted by Crippen LogP contribution is 2.22. The van der Waals surface area contributed by atoms with Gasteiger partial charge in [0.25, 0.3) is 0 Å². The quantitative estimate of drug-likeness (QED) is 0.476. The molecule has 0 N–H and O–H groups in total. The summed E-state index contributed by atoms with van der Waals surface area (Å²) in [6.45, 7) is 1.81. The van der Waals surface area contributed by atoms with E-state index in [4.69, 9.17) is 9.15 Å². The van der Waals surface area contributed by atoms with Crippen molar-refractivity contribution in [3.8, 4) is 11.5 Å². The van der Waals surface area contributed by atoms with E-state index in [0.29, 0.717) is 5.76 Å². The Morgan fingerprint density at radius 1 is 0.957 bits per heavy atom. The molecule has 0 atom stereocenters. The lowest BCUT2D eigenvalue weighted by Gasteiger charge is -2.05. The zero-order valence-electron chi connectivity index (χ0n) is 12.7. The minimum Gasteiger partial charge on any atom is -0.458 e. The van der Waals surface area contributed by atoms with Crippen molar-refractivity contribution in [2.24, 2.45) is 0 Å². The summed E-state index contributed by atoms with van der Waals surface area (Å²) >= 11 is 0. The molecule has 1 heterocycles. The summed E-state index contributed by atoms with van der Waals surface area (Å²) in [5.41, 5.74) is 0.884. The molecular weight excluding hydrogens is 288 g/mol. The summed E-state index contributed by atoms with van der Waals surface area (Å²) in [5.74, 6) is 2.40. The molecule has 3 aromatic rings. The van der Waals surface area contributed by atoms with E-state index >= 15 is 0 Å². The number of ether oxygens (including phenoxy) is 1. The summed E-state index contributed by atoms with van der Waals surface area (Å²) in [5, 5.41) is 0. The van der Waals surface area contributed by atoms with Crippen LogP contribution in [0.25, 0.3) is 6.08 Å². The average molecular weight is 304 g/mol. The summed E-state index contributed by atoms with van der Waals surface area (Å²) in [7, 11) is 0. The fourth-order valence-corrected chi connectivity index (χ4v) is 2.13. The summed E-state index contributed by atoms with van der Waals surface area (Å²) in [6.07, 6.45) is 3.25. The smallest absolute Gasteiger partial charge is 0.221 e. The number of hydrogen-bond acceptors (Lipinski definition) is 3. The highest BCUT2D eigenvalue weighted by atomic mass is 16.5. The monoisotopic (exact) mass is 304 g/mol. The highest BCUT2D eigenvalue weighted by Gasteiger charge is 2.06. The van der Waals surface area contributed by atoms with Gasteiger partial charge < -0.3 is 9.15 Å². The fraction of sp³-hybridized carbons (Fsp3) is 0.0500. The molecule has 0 spiro atoms. The van der Waals surface area contributed by atoms with Crippen LogP contribution in [0.5, 0.6) is 11.5 Å². The zero-order chi connectivity index (χ0) is 16.1. The second-order valence-electron chi connectivity index (χ2n) is 5.10. The van der Waals surface area contributed by atoms with Crippen molar-refractivity contribution in [2.75, 3.05) is 0 Å². The van der Waals surface area contributed by atoms with Gasteiger partial charge in [-0.2, -0.15) is 0 Å². The molecule has 0 aliphatic heterocycles. The summed E-state index contributed by atoms with van der Waals surface area (Å²) in [4.78, 5) is 12.0. The molecule has 114 valence electrons. The number of aryl methyl sites for hydroxylation is 1. The molecule has 0 amide bonds. The zero-order valence-corrected chi connectivity index (χ0v) is 12.7. The Kier molecular flexibility index (Phi) is 4.39. The molecule has 3 heteroatoms. The van der Waals surface area contributed by atoms with Crippen molar-refractivity contribution < 1.29 is 13.9 Å². The molecule has 23 heavy (non-hydrogen) atoms. The van der Waals surface area contributed by atoms with E-state index in [2.05, 4.69) is 0 Å². The average Bonchev–Trinajstić information content (AvgIpc) is 3.01. The van der Waals surface area contributed by atoms with Crippen LogP contribution in [0.4, 0.5) is 0 Å². The molecule has 1 aromatic heterocycles. The minimum atomic E-state index is -0.160. The van der Waals surface area contributed by atoms with Gasteiger partial charge in [0, 0.05) is 0 Å². The van der Waals surface area contributed by atoms with E-state index in [1.54, 1.807) is 18.2 Å². The van der Waals surface area contributed by atoms with E-state index in [9.17, 15) is 4.79 Å². The maximum atomic E-state index is 12.0. The van der Waals surface area contributed by atoms with Crippen molar-refractivity contribution in [1.29, 1.82) is 0 Å². The topological polar surface area (TPSA) is 39.4 Å². The first kappa shape index (κ1) is 14.9. The van der Waals surface area contributed by atoms with Gasteiger partial charge in [0.1, 0.15) is 17.3 Å². The second kappa shape index (κ2) is 6.79. The Morgan fingerprint density at radius 3 is 2.48 bits per heavy atom. The number of hydrogen-bond donors (Lipinski definition) is 0. The Balaban J connectivity index is 1.72. The maximum Gasteiger partial charge on any atom is 0.221 e. The molecule has 3 rings (SSSR count). The van der Waals surface area contributed by atoms with E-state index < -0.39 is 0 Å². The number of carbonyl (C=O) groups excluding carboxylic acids is 1. The van der Waals surface area contributed by atoms with Gasteiger partial charge in [-0.05, 0) is 55.0 Å². The Bertz CT molecular complexity index is 829. The first-order valence-electron chi connectivity index (χ1n) is 7.32. The van der Waals surface area contributed by atoms with Crippen LogP contribution in [-0.2, 0) is 0 Å². The predicted octanol–water partition coefficient (Wildman–Crippen LogP) is 5.28. The number of para-hydroxylation sites is 1. The van der Waals surface area contributed by atoms with Crippen LogP contribution < -0.4 is 4.74 Å². The molecule has 2 aromatic carbocycles. The van der Waals surface area contributed by atoms with Gasteiger partial charge in [-0.1, -0.05) is 36.4 Å². The van der Waals surface area contributed by atoms with Gasteiger partial charge >= 0.3 is 0 Å². The normalized spacial score (nSPS) is 10.8. The molecule has 0 fully saturated rings. The molecule has 0 aliphatic carbocycles. The van der Waals surface area contributed by atoms with Crippen LogP contribution in [0.15, 0.2) is 77.2 Å². The van der Waals surface area contributed by atoms with E-state index in [-0.39, 0.29) is 5.78 Å². The molecule has 0 saturated carbocycles. The van der Waals surface area contributed by atoms with Crippen LogP contribution in [0.2, 0.25) is 0 Å². The third-order valence-corrected chi connectivity index (χ3v) is 3.25. The van der Waals surface area contributed by atoms with E-state index in [1.165, 1.54) is 6.08 Å². The first-order chi connectivity index (χ1) is 11.2. The number of allylic oxidation sites excluding steroid dienone is 1. The molecule has 0 radical (unpaired) electrons. The van der Waals surface area contributed by atoms with Gasteiger partial charge in [0.2, 0.25) is 5.78 Å². The van der Waals surface area contributed by atoms with Gasteiger partial charge in [0.15, 0.2) is 5.76 Å².